The van der Waals surface area contributed by atoms with Crippen LogP contribution in [0.1, 0.15) is 37.7 Å². The number of aliphatic hydroxyl groups excluding tert-OH is 1. The van der Waals surface area contributed by atoms with Crippen LogP contribution in [0.3, 0.4) is 0 Å². The minimum absolute atomic E-state index is 0.0127. The molecule has 1 N–H and O–H groups in total. The van der Waals surface area contributed by atoms with Gasteiger partial charge in [-0.3, -0.25) is 0 Å². The molecule has 4 nitrogen and oxygen atoms in total. The second-order valence-electron chi connectivity index (χ2n) is 4.83. The standard InChI is InChI=1S/C13H21N3OS/c1-10(2)13-14-8-12(11(9-17)15-13)16-4-3-6-18-7-5-16/h8,10,17H,3-7,9H2,1-2H3. The molecule has 18 heavy (non-hydrogen) atoms. The Morgan fingerprint density at radius 1 is 1.39 bits per heavy atom. The fourth-order valence-electron chi connectivity index (χ4n) is 2.07. The maximum absolute atomic E-state index is 9.50. The number of aromatic nitrogens is 2. The molecule has 1 aliphatic heterocycles. The minimum Gasteiger partial charge on any atom is -0.390 e. The minimum atomic E-state index is -0.0127. The summed E-state index contributed by atoms with van der Waals surface area (Å²) >= 11 is 1.99. The highest BCUT2D eigenvalue weighted by atomic mass is 32.2. The van der Waals surface area contributed by atoms with Gasteiger partial charge in [-0.15, -0.1) is 0 Å². The van der Waals surface area contributed by atoms with E-state index in [0.29, 0.717) is 5.92 Å². The fourth-order valence-corrected chi connectivity index (χ4v) is 2.96. The molecule has 0 atom stereocenters. The topological polar surface area (TPSA) is 49.2 Å². The van der Waals surface area contributed by atoms with Gasteiger partial charge in [-0.2, -0.15) is 11.8 Å². The van der Waals surface area contributed by atoms with Crippen LogP contribution in [-0.2, 0) is 6.61 Å². The number of thioether (sulfide) groups is 1. The van der Waals surface area contributed by atoms with E-state index in [4.69, 9.17) is 0 Å². The molecule has 2 rings (SSSR count). The van der Waals surface area contributed by atoms with E-state index in [2.05, 4.69) is 28.7 Å². The summed E-state index contributed by atoms with van der Waals surface area (Å²) in [5.74, 6) is 3.46. The predicted octanol–water partition coefficient (Wildman–Crippen LogP) is 2.04. The lowest BCUT2D eigenvalue weighted by molar-refractivity contribution is 0.276. The third-order valence-electron chi connectivity index (χ3n) is 3.09. The van der Waals surface area contributed by atoms with E-state index in [-0.39, 0.29) is 6.61 Å². The second kappa shape index (κ2) is 6.38. The van der Waals surface area contributed by atoms with E-state index in [1.807, 2.05) is 18.0 Å². The van der Waals surface area contributed by atoms with Gasteiger partial charge < -0.3 is 10.0 Å². The van der Waals surface area contributed by atoms with Crippen molar-refractivity contribution in [1.82, 2.24) is 9.97 Å². The van der Waals surface area contributed by atoms with Crippen molar-refractivity contribution in [2.75, 3.05) is 29.5 Å². The fraction of sp³-hybridized carbons (Fsp3) is 0.692. The third kappa shape index (κ3) is 3.14. The first kappa shape index (κ1) is 13.6. The summed E-state index contributed by atoms with van der Waals surface area (Å²) in [4.78, 5) is 11.2. The molecule has 1 saturated heterocycles. The summed E-state index contributed by atoms with van der Waals surface area (Å²) in [6.45, 7) is 6.17. The van der Waals surface area contributed by atoms with Crippen molar-refractivity contribution in [3.05, 3.63) is 17.7 Å². The van der Waals surface area contributed by atoms with Gasteiger partial charge in [-0.1, -0.05) is 13.8 Å². The summed E-state index contributed by atoms with van der Waals surface area (Å²) in [5, 5.41) is 9.50. The maximum atomic E-state index is 9.50. The Labute approximate surface area is 113 Å². The molecule has 0 aliphatic carbocycles. The monoisotopic (exact) mass is 267 g/mol. The van der Waals surface area contributed by atoms with Gasteiger partial charge in [0.1, 0.15) is 5.82 Å². The Hall–Kier alpha value is -0.810. The van der Waals surface area contributed by atoms with Crippen LogP contribution in [0.2, 0.25) is 0 Å². The summed E-state index contributed by atoms with van der Waals surface area (Å²) in [7, 11) is 0. The Balaban J connectivity index is 2.25. The molecule has 100 valence electrons. The first-order valence-corrected chi connectivity index (χ1v) is 7.67. The zero-order chi connectivity index (χ0) is 13.0. The van der Waals surface area contributed by atoms with Crippen LogP contribution in [0.4, 0.5) is 5.69 Å². The van der Waals surface area contributed by atoms with Gasteiger partial charge in [0.15, 0.2) is 0 Å². The Morgan fingerprint density at radius 2 is 2.22 bits per heavy atom. The number of hydrogen-bond donors (Lipinski definition) is 1. The van der Waals surface area contributed by atoms with Crippen LogP contribution in [0, 0.1) is 0 Å². The predicted molar refractivity (Wildman–Crippen MR) is 76.2 cm³/mol. The van der Waals surface area contributed by atoms with Crippen molar-refractivity contribution in [2.45, 2.75) is 32.8 Å². The summed E-state index contributed by atoms with van der Waals surface area (Å²) in [5.41, 5.74) is 1.77. The third-order valence-corrected chi connectivity index (χ3v) is 4.14. The summed E-state index contributed by atoms with van der Waals surface area (Å²) < 4.78 is 0. The molecule has 1 fully saturated rings. The first-order chi connectivity index (χ1) is 8.72. The van der Waals surface area contributed by atoms with E-state index in [1.54, 1.807) is 0 Å². The summed E-state index contributed by atoms with van der Waals surface area (Å²) in [6.07, 6.45) is 3.06. The van der Waals surface area contributed by atoms with Crippen LogP contribution in [0.5, 0.6) is 0 Å². The summed E-state index contributed by atoms with van der Waals surface area (Å²) in [6, 6.07) is 0. The van der Waals surface area contributed by atoms with E-state index >= 15 is 0 Å². The largest absolute Gasteiger partial charge is 0.390 e. The van der Waals surface area contributed by atoms with Crippen molar-refractivity contribution in [3.63, 3.8) is 0 Å². The quantitative estimate of drug-likeness (QED) is 0.908. The van der Waals surface area contributed by atoms with E-state index in [0.717, 1.165) is 36.0 Å². The molecule has 0 aromatic carbocycles. The molecule has 0 radical (unpaired) electrons. The van der Waals surface area contributed by atoms with Crippen molar-refractivity contribution >= 4 is 17.4 Å². The number of rotatable bonds is 3. The maximum Gasteiger partial charge on any atom is 0.131 e. The molecule has 0 saturated carbocycles. The lowest BCUT2D eigenvalue weighted by atomic mass is 10.2. The average molecular weight is 267 g/mol. The second-order valence-corrected chi connectivity index (χ2v) is 6.05. The van der Waals surface area contributed by atoms with E-state index < -0.39 is 0 Å². The zero-order valence-electron chi connectivity index (χ0n) is 11.1. The number of anilines is 1. The van der Waals surface area contributed by atoms with Crippen LogP contribution in [0.25, 0.3) is 0 Å². The van der Waals surface area contributed by atoms with Gasteiger partial charge in [-0.25, -0.2) is 9.97 Å². The Kier molecular flexibility index (Phi) is 4.83. The van der Waals surface area contributed by atoms with Gasteiger partial charge >= 0.3 is 0 Å². The molecule has 1 aromatic rings. The Bertz CT molecular complexity index is 390. The van der Waals surface area contributed by atoms with Crippen LogP contribution in [-0.4, -0.2) is 39.7 Å². The van der Waals surface area contributed by atoms with Crippen LogP contribution >= 0.6 is 11.8 Å². The van der Waals surface area contributed by atoms with Gasteiger partial charge in [0.2, 0.25) is 0 Å². The van der Waals surface area contributed by atoms with E-state index in [1.165, 1.54) is 12.2 Å². The molecule has 2 heterocycles. The van der Waals surface area contributed by atoms with Crippen molar-refractivity contribution in [1.29, 1.82) is 0 Å². The number of nitrogens with zero attached hydrogens (tertiary/aromatic N) is 3. The van der Waals surface area contributed by atoms with Gasteiger partial charge in [0.05, 0.1) is 24.2 Å². The highest BCUT2D eigenvalue weighted by Gasteiger charge is 2.16. The highest BCUT2D eigenvalue weighted by molar-refractivity contribution is 7.99. The molecular formula is C13H21N3OS. The molecule has 0 amide bonds. The number of hydrogen-bond acceptors (Lipinski definition) is 5. The van der Waals surface area contributed by atoms with Crippen molar-refractivity contribution < 1.29 is 5.11 Å². The van der Waals surface area contributed by atoms with Crippen molar-refractivity contribution in [3.8, 4) is 0 Å². The molecule has 0 unspecified atom stereocenters. The number of aliphatic hydroxyl groups is 1. The molecule has 0 bridgehead atoms. The SMILES string of the molecule is CC(C)c1ncc(N2CCCSCC2)c(CO)n1. The normalized spacial score (nSPS) is 17.0. The Morgan fingerprint density at radius 3 is 2.94 bits per heavy atom. The van der Waals surface area contributed by atoms with Gasteiger partial charge in [0, 0.05) is 24.8 Å². The van der Waals surface area contributed by atoms with Crippen molar-refractivity contribution in [2.24, 2.45) is 0 Å². The van der Waals surface area contributed by atoms with Gasteiger partial charge in [0.25, 0.3) is 0 Å². The van der Waals surface area contributed by atoms with Gasteiger partial charge in [-0.05, 0) is 12.2 Å². The lowest BCUT2D eigenvalue weighted by Gasteiger charge is -2.24. The average Bonchev–Trinajstić information content (AvgIpc) is 2.66. The lowest BCUT2D eigenvalue weighted by Crippen LogP contribution is -2.27. The van der Waals surface area contributed by atoms with Crippen LogP contribution in [0.15, 0.2) is 6.20 Å². The zero-order valence-corrected chi connectivity index (χ0v) is 11.9. The molecule has 0 spiro atoms. The van der Waals surface area contributed by atoms with E-state index in [9.17, 15) is 5.11 Å². The van der Waals surface area contributed by atoms with Crippen LogP contribution < -0.4 is 4.90 Å². The molecule has 1 aromatic heterocycles. The smallest absolute Gasteiger partial charge is 0.131 e. The first-order valence-electron chi connectivity index (χ1n) is 6.51. The molecule has 5 heteroatoms. The molecule has 1 aliphatic rings. The highest BCUT2D eigenvalue weighted by Crippen LogP contribution is 2.23. The molecular weight excluding hydrogens is 246 g/mol.